The lowest BCUT2D eigenvalue weighted by Gasteiger charge is -2.23. The highest BCUT2D eigenvalue weighted by molar-refractivity contribution is 9.10. The van der Waals surface area contributed by atoms with Crippen LogP contribution >= 0.6 is 55.4 Å². The average molecular weight is 983 g/mol. The van der Waals surface area contributed by atoms with Gasteiger partial charge in [0.25, 0.3) is 22.9 Å². The Morgan fingerprint density at radius 3 is 1.76 bits per heavy atom. The minimum atomic E-state index is -4.73. The molecule has 2 fully saturated rings. The van der Waals surface area contributed by atoms with Gasteiger partial charge in [-0.3, -0.25) is 28.3 Å². The molecule has 0 unspecified atom stereocenters. The zero-order valence-electron chi connectivity index (χ0n) is 31.1. The second kappa shape index (κ2) is 18.1. The molecule has 0 spiro atoms. The number of hydrogen-bond acceptors (Lipinski definition) is 10. The zero-order valence-corrected chi connectivity index (χ0v) is 36.0. The third kappa shape index (κ3) is 10.0. The lowest BCUT2D eigenvalue weighted by molar-refractivity contribution is -0.145. The maximum absolute atomic E-state index is 13.6. The Kier molecular flexibility index (Phi) is 14.0. The second-order valence-corrected chi connectivity index (χ2v) is 17.3. The van der Waals surface area contributed by atoms with Crippen molar-refractivity contribution in [3.63, 3.8) is 0 Å². The first-order chi connectivity index (χ1) is 27.2. The molecule has 4 aromatic rings. The summed E-state index contributed by atoms with van der Waals surface area (Å²) in [4.78, 5) is 61.9. The van der Waals surface area contributed by atoms with Crippen LogP contribution in [0.4, 0.5) is 49.1 Å². The van der Waals surface area contributed by atoms with Gasteiger partial charge in [0.05, 0.1) is 11.4 Å². The monoisotopic (exact) mass is 980 g/mol. The standard InChI is InChI=1S/2C18H18BrF3N4O2S/c1-3-29-12-6-9(19)8-24-14(12)16(27)25(2)15-11(23)7-13(18(20,21)22)26(17(15)28)10-4-5-10;1-3-29-12-6-9(19)8-24-15(12)16(27)25-11-7-13(18(20,21)22)26(10-4-5-10)17(28)14(11)23-2/h6-8,10H,3-5,23H2,1-2H3;6-8,10,23H,3-5H2,1-2H3,(H,25,27). The number of anilines is 4. The predicted octanol–water partition coefficient (Wildman–Crippen LogP) is 9.10. The maximum atomic E-state index is 13.6. The lowest BCUT2D eigenvalue weighted by atomic mass is 10.2. The molecule has 2 aliphatic carbocycles. The van der Waals surface area contributed by atoms with Crippen LogP contribution in [0, 0.1) is 0 Å². The highest BCUT2D eigenvalue weighted by atomic mass is 79.9. The van der Waals surface area contributed by atoms with Crippen molar-refractivity contribution in [3.05, 3.63) is 89.1 Å². The van der Waals surface area contributed by atoms with Crippen molar-refractivity contribution in [1.82, 2.24) is 19.1 Å². The number of rotatable bonds is 11. The molecule has 58 heavy (non-hydrogen) atoms. The molecule has 4 aromatic heterocycles. The lowest BCUT2D eigenvalue weighted by Crippen LogP contribution is -2.37. The van der Waals surface area contributed by atoms with Gasteiger partial charge >= 0.3 is 12.4 Å². The fourth-order valence-electron chi connectivity index (χ4n) is 5.91. The first kappa shape index (κ1) is 45.1. The van der Waals surface area contributed by atoms with Gasteiger partial charge in [-0.2, -0.15) is 26.3 Å². The fraction of sp³-hybridized carbons (Fsp3) is 0.389. The second-order valence-electron chi connectivity index (χ2n) is 12.9. The molecule has 0 aromatic carbocycles. The molecule has 0 saturated heterocycles. The molecular weight excluding hydrogens is 946 g/mol. The third-order valence-electron chi connectivity index (χ3n) is 8.69. The van der Waals surface area contributed by atoms with E-state index in [9.17, 15) is 45.5 Å². The van der Waals surface area contributed by atoms with Gasteiger partial charge in [-0.25, -0.2) is 9.97 Å². The number of carbonyl (C=O) groups is 2. The van der Waals surface area contributed by atoms with Gasteiger partial charge in [0.2, 0.25) is 0 Å². The number of halogens is 8. The molecule has 2 amide bonds. The first-order valence-electron chi connectivity index (χ1n) is 17.6. The summed E-state index contributed by atoms with van der Waals surface area (Å²) < 4.78 is 83.8. The van der Waals surface area contributed by atoms with Crippen LogP contribution < -0.4 is 32.4 Å². The van der Waals surface area contributed by atoms with Gasteiger partial charge in [-0.1, -0.05) is 13.8 Å². The Morgan fingerprint density at radius 2 is 1.29 bits per heavy atom. The minimum absolute atomic E-state index is 0.0713. The number of thioether (sulfide) groups is 2. The Morgan fingerprint density at radius 1 is 0.828 bits per heavy atom. The summed E-state index contributed by atoms with van der Waals surface area (Å²) in [5.74, 6) is 0.0375. The Labute approximate surface area is 353 Å². The minimum Gasteiger partial charge on any atom is -0.397 e. The predicted molar refractivity (Wildman–Crippen MR) is 219 cm³/mol. The largest absolute Gasteiger partial charge is 0.431 e. The first-order valence-corrected chi connectivity index (χ1v) is 21.1. The smallest absolute Gasteiger partial charge is 0.397 e. The van der Waals surface area contributed by atoms with Gasteiger partial charge in [0.1, 0.15) is 34.2 Å². The molecule has 4 heterocycles. The normalized spacial score (nSPS) is 14.1. The van der Waals surface area contributed by atoms with E-state index in [1.165, 1.54) is 50.0 Å². The van der Waals surface area contributed by atoms with Crippen LogP contribution in [0.2, 0.25) is 0 Å². The Bertz CT molecular complexity index is 2350. The summed E-state index contributed by atoms with van der Waals surface area (Å²) in [5, 5.41) is 5.05. The molecule has 0 aliphatic heterocycles. The van der Waals surface area contributed by atoms with E-state index in [0.29, 0.717) is 60.5 Å². The fourth-order valence-corrected chi connectivity index (χ4v) is 8.47. The van der Waals surface area contributed by atoms with Crippen molar-refractivity contribution >= 4 is 89.9 Å². The van der Waals surface area contributed by atoms with Gasteiger partial charge < -0.3 is 21.3 Å². The number of nitrogens with zero attached hydrogens (tertiary/aromatic N) is 5. The summed E-state index contributed by atoms with van der Waals surface area (Å²) in [7, 11) is 2.73. The van der Waals surface area contributed by atoms with Crippen molar-refractivity contribution in [2.45, 2.75) is 73.8 Å². The summed E-state index contributed by atoms with van der Waals surface area (Å²) in [6, 6.07) is 3.93. The summed E-state index contributed by atoms with van der Waals surface area (Å²) in [5.41, 5.74) is 1.03. The van der Waals surface area contributed by atoms with E-state index in [4.69, 9.17) is 5.73 Å². The van der Waals surface area contributed by atoms with Gasteiger partial charge in [0, 0.05) is 57.3 Å². The molecule has 312 valence electrons. The van der Waals surface area contributed by atoms with E-state index in [1.807, 2.05) is 13.8 Å². The van der Waals surface area contributed by atoms with Gasteiger partial charge in [0.15, 0.2) is 0 Å². The molecular formula is C36H36Br2F6N8O4S2. The van der Waals surface area contributed by atoms with E-state index >= 15 is 0 Å². The molecule has 0 radical (unpaired) electrons. The number of amides is 2. The Hall–Kier alpha value is -4.02. The third-order valence-corrected chi connectivity index (χ3v) is 11.4. The van der Waals surface area contributed by atoms with Crippen LogP contribution in [-0.2, 0) is 12.4 Å². The molecule has 2 aliphatic rings. The van der Waals surface area contributed by atoms with Crippen molar-refractivity contribution in [2.75, 3.05) is 46.9 Å². The number of carbonyl (C=O) groups excluding carboxylic acids is 2. The van der Waals surface area contributed by atoms with Gasteiger partial charge in [-0.05, 0) is 93.3 Å². The van der Waals surface area contributed by atoms with Crippen LogP contribution in [0.3, 0.4) is 0 Å². The zero-order chi connectivity index (χ0) is 42.9. The van der Waals surface area contributed by atoms with Crippen molar-refractivity contribution in [1.29, 1.82) is 0 Å². The van der Waals surface area contributed by atoms with E-state index in [-0.39, 0.29) is 28.5 Å². The number of aromatic nitrogens is 4. The van der Waals surface area contributed by atoms with Crippen LogP contribution in [0.25, 0.3) is 0 Å². The average Bonchev–Trinajstić information content (AvgIpc) is 4.07. The molecule has 6 rings (SSSR count). The molecule has 0 bridgehead atoms. The summed E-state index contributed by atoms with van der Waals surface area (Å²) >= 11 is 9.35. The number of nitrogens with two attached hydrogens (primary N) is 1. The summed E-state index contributed by atoms with van der Waals surface area (Å²) in [6.07, 6.45) is -4.62. The quantitative estimate of drug-likeness (QED) is 0.0979. The van der Waals surface area contributed by atoms with E-state index in [1.54, 1.807) is 12.1 Å². The highest BCUT2D eigenvalue weighted by Gasteiger charge is 2.42. The van der Waals surface area contributed by atoms with E-state index in [2.05, 4.69) is 52.5 Å². The van der Waals surface area contributed by atoms with Crippen LogP contribution in [0.5, 0.6) is 0 Å². The van der Waals surface area contributed by atoms with Gasteiger partial charge in [-0.15, -0.1) is 23.5 Å². The maximum Gasteiger partial charge on any atom is 0.431 e. The number of pyridine rings is 4. The number of nitrogens with one attached hydrogen (secondary N) is 2. The summed E-state index contributed by atoms with van der Waals surface area (Å²) in [6.45, 7) is 3.81. The van der Waals surface area contributed by atoms with Crippen LogP contribution in [0.1, 0.15) is 84.0 Å². The number of nitrogen functional groups attached to an aromatic ring is 1. The highest BCUT2D eigenvalue weighted by Crippen LogP contribution is 2.42. The molecule has 0 atom stereocenters. The molecule has 22 heteroatoms. The van der Waals surface area contributed by atoms with Crippen molar-refractivity contribution in [2.24, 2.45) is 0 Å². The van der Waals surface area contributed by atoms with Crippen LogP contribution in [-0.4, -0.2) is 56.5 Å². The van der Waals surface area contributed by atoms with Crippen molar-refractivity contribution in [3.8, 4) is 0 Å². The molecule has 2 saturated carbocycles. The topological polar surface area (TPSA) is 157 Å². The molecule has 12 nitrogen and oxygen atoms in total. The number of alkyl halides is 6. The molecule has 4 N–H and O–H groups in total. The Balaban J connectivity index is 0.000000221. The SMILES string of the molecule is CCSc1cc(Br)cnc1C(=O)N(C)c1c(N)cc(C(F)(F)F)n(C2CC2)c1=O.CCSc1cc(Br)cnc1C(=O)Nc1cc(C(F)(F)F)n(C2CC2)c(=O)c1NC. The van der Waals surface area contributed by atoms with Crippen molar-refractivity contribution < 1.29 is 35.9 Å². The van der Waals surface area contributed by atoms with E-state index < -0.39 is 64.4 Å². The van der Waals surface area contributed by atoms with E-state index in [0.717, 1.165) is 21.6 Å². The number of hydrogen-bond donors (Lipinski definition) is 3. The van der Waals surface area contributed by atoms with Crippen LogP contribution in [0.15, 0.2) is 65.0 Å².